The molecule has 1 N–H and O–H groups in total. The van der Waals surface area contributed by atoms with Crippen molar-refractivity contribution in [3.05, 3.63) is 0 Å². The molecule has 1 atom stereocenters. The summed E-state index contributed by atoms with van der Waals surface area (Å²) in [7, 11) is 1.17. The van der Waals surface area contributed by atoms with Crippen molar-refractivity contribution in [1.82, 2.24) is 5.32 Å². The summed E-state index contributed by atoms with van der Waals surface area (Å²) in [6, 6.07) is -1.38. The summed E-state index contributed by atoms with van der Waals surface area (Å²) in [5, 5.41) is 2.39. The minimum Gasteiger partial charge on any atom is -0.468 e. The quantitative estimate of drug-likeness (QED) is 0.687. The van der Waals surface area contributed by atoms with Crippen molar-refractivity contribution < 1.29 is 27.8 Å². The molecule has 0 radical (unpaired) electrons. The van der Waals surface area contributed by atoms with Crippen molar-refractivity contribution in [2.45, 2.75) is 31.7 Å². The number of alkyl halides is 2. The Morgan fingerprint density at radius 3 is 2.50 bits per heavy atom. The van der Waals surface area contributed by atoms with E-state index in [-0.39, 0.29) is 19.1 Å². The first-order valence-electron chi connectivity index (χ1n) is 5.78. The van der Waals surface area contributed by atoms with Crippen LogP contribution in [0, 0.1) is 5.92 Å². The maximum atomic E-state index is 13.8. The Labute approximate surface area is 104 Å². The Hall–Kier alpha value is -1.24. The lowest BCUT2D eigenvalue weighted by Crippen LogP contribution is -2.53. The van der Waals surface area contributed by atoms with Crippen LogP contribution in [0.1, 0.15) is 19.8 Å². The van der Waals surface area contributed by atoms with Crippen LogP contribution in [0.2, 0.25) is 0 Å². The zero-order chi connectivity index (χ0) is 13.8. The number of carbonyl (C=O) groups is 2. The highest BCUT2D eigenvalue weighted by Gasteiger charge is 2.54. The van der Waals surface area contributed by atoms with E-state index in [0.717, 1.165) is 0 Å². The lowest BCUT2D eigenvalue weighted by Gasteiger charge is -2.25. The molecule has 1 saturated carbocycles. The van der Waals surface area contributed by atoms with Crippen molar-refractivity contribution in [2.75, 3.05) is 20.3 Å². The molecule has 0 amide bonds. The second kappa shape index (κ2) is 6.08. The summed E-state index contributed by atoms with van der Waals surface area (Å²) < 4.78 is 36.4. The number of ether oxygens (including phenoxy) is 2. The summed E-state index contributed by atoms with van der Waals surface area (Å²) >= 11 is 0. The lowest BCUT2D eigenvalue weighted by molar-refractivity contribution is -0.177. The van der Waals surface area contributed by atoms with Gasteiger partial charge in [0.2, 0.25) is 0 Å². The van der Waals surface area contributed by atoms with E-state index in [1.807, 2.05) is 0 Å². The molecule has 0 aliphatic heterocycles. The maximum Gasteiger partial charge on any atom is 0.378 e. The molecule has 104 valence electrons. The number of hydrogen-bond donors (Lipinski definition) is 1. The van der Waals surface area contributed by atoms with Gasteiger partial charge in [0.15, 0.2) is 0 Å². The van der Waals surface area contributed by atoms with Crippen molar-refractivity contribution in [3.8, 4) is 0 Å². The first kappa shape index (κ1) is 14.8. The Morgan fingerprint density at radius 1 is 1.44 bits per heavy atom. The molecule has 1 fully saturated rings. The number of hydrogen-bond acceptors (Lipinski definition) is 5. The number of rotatable bonds is 7. The molecule has 7 heteroatoms. The zero-order valence-electron chi connectivity index (χ0n) is 10.4. The van der Waals surface area contributed by atoms with E-state index in [2.05, 4.69) is 14.8 Å². The molecule has 0 heterocycles. The Bertz CT molecular complexity index is 318. The van der Waals surface area contributed by atoms with Gasteiger partial charge < -0.3 is 9.47 Å². The molecule has 18 heavy (non-hydrogen) atoms. The van der Waals surface area contributed by atoms with Crippen LogP contribution in [0.15, 0.2) is 0 Å². The zero-order valence-corrected chi connectivity index (χ0v) is 10.4. The standard InChI is InChI=1S/C11H17F2NO4/c1-3-18-10(16)11(12,13)9(7-4-5-7)14-6-8(15)17-2/h7,9,14H,3-6H2,1-2H3/t9-/m1/s1. The van der Waals surface area contributed by atoms with Crippen molar-refractivity contribution in [1.29, 1.82) is 0 Å². The van der Waals surface area contributed by atoms with Crippen LogP contribution in [0.25, 0.3) is 0 Å². The third-order valence-electron chi connectivity index (χ3n) is 2.73. The van der Waals surface area contributed by atoms with Gasteiger partial charge >= 0.3 is 17.9 Å². The molecule has 0 aromatic carbocycles. The molecule has 0 unspecified atom stereocenters. The number of nitrogens with one attached hydrogen (secondary N) is 1. The van der Waals surface area contributed by atoms with E-state index in [1.54, 1.807) is 0 Å². The molecule has 1 aliphatic carbocycles. The fourth-order valence-corrected chi connectivity index (χ4v) is 1.64. The largest absolute Gasteiger partial charge is 0.468 e. The summed E-state index contributed by atoms with van der Waals surface area (Å²) in [6.07, 6.45) is 1.21. The van der Waals surface area contributed by atoms with Crippen molar-refractivity contribution >= 4 is 11.9 Å². The first-order chi connectivity index (χ1) is 8.43. The predicted molar refractivity (Wildman–Crippen MR) is 58.1 cm³/mol. The van der Waals surface area contributed by atoms with Crippen LogP contribution >= 0.6 is 0 Å². The smallest absolute Gasteiger partial charge is 0.378 e. The molecule has 0 spiro atoms. The number of carbonyl (C=O) groups excluding carboxylic acids is 2. The van der Waals surface area contributed by atoms with Gasteiger partial charge in [-0.1, -0.05) is 0 Å². The van der Waals surface area contributed by atoms with Crippen molar-refractivity contribution in [2.24, 2.45) is 5.92 Å². The average Bonchev–Trinajstić information content (AvgIpc) is 3.13. The molecular weight excluding hydrogens is 248 g/mol. The van der Waals surface area contributed by atoms with E-state index in [0.29, 0.717) is 12.8 Å². The minimum absolute atomic E-state index is 0.108. The lowest BCUT2D eigenvalue weighted by atomic mass is 10.1. The second-order valence-corrected chi connectivity index (χ2v) is 4.12. The highest BCUT2D eigenvalue weighted by Crippen LogP contribution is 2.40. The molecular formula is C11H17F2NO4. The summed E-state index contributed by atoms with van der Waals surface area (Å²) in [5.74, 6) is -6.15. The number of halogens is 2. The van der Waals surface area contributed by atoms with E-state index in [4.69, 9.17) is 0 Å². The highest BCUT2D eigenvalue weighted by molar-refractivity contribution is 5.79. The SMILES string of the molecule is CCOC(=O)C(F)(F)[C@H](NCC(=O)OC)C1CC1. The Balaban J connectivity index is 2.65. The third-order valence-corrected chi connectivity index (χ3v) is 2.73. The van der Waals surface area contributed by atoms with Gasteiger partial charge in [-0.05, 0) is 25.7 Å². The van der Waals surface area contributed by atoms with E-state index >= 15 is 0 Å². The summed E-state index contributed by atoms with van der Waals surface area (Å²) in [4.78, 5) is 22.2. The third kappa shape index (κ3) is 3.63. The van der Waals surface area contributed by atoms with Crippen LogP contribution in [0.5, 0.6) is 0 Å². The second-order valence-electron chi connectivity index (χ2n) is 4.12. The molecule has 0 bridgehead atoms. The minimum atomic E-state index is -3.63. The van der Waals surface area contributed by atoms with Crippen LogP contribution in [0.3, 0.4) is 0 Å². The van der Waals surface area contributed by atoms with Crippen LogP contribution in [-0.2, 0) is 19.1 Å². The normalized spacial score (nSPS) is 17.1. The summed E-state index contributed by atoms with van der Waals surface area (Å²) in [5.41, 5.74) is 0. The molecule has 5 nitrogen and oxygen atoms in total. The number of methoxy groups -OCH3 is 1. The van der Waals surface area contributed by atoms with Crippen LogP contribution in [0.4, 0.5) is 8.78 Å². The van der Waals surface area contributed by atoms with Crippen LogP contribution < -0.4 is 5.32 Å². The van der Waals surface area contributed by atoms with E-state index in [1.165, 1.54) is 14.0 Å². The van der Waals surface area contributed by atoms with Crippen molar-refractivity contribution in [3.63, 3.8) is 0 Å². The molecule has 0 aromatic rings. The van der Waals surface area contributed by atoms with Gasteiger partial charge in [-0.25, -0.2) is 4.79 Å². The van der Waals surface area contributed by atoms with Gasteiger partial charge in [0.1, 0.15) is 0 Å². The van der Waals surface area contributed by atoms with E-state index in [9.17, 15) is 18.4 Å². The fraction of sp³-hybridized carbons (Fsp3) is 0.818. The maximum absolute atomic E-state index is 13.8. The first-order valence-corrected chi connectivity index (χ1v) is 5.78. The number of esters is 2. The van der Waals surface area contributed by atoms with Gasteiger partial charge in [0.05, 0.1) is 26.3 Å². The van der Waals surface area contributed by atoms with E-state index < -0.39 is 23.9 Å². The molecule has 1 rings (SSSR count). The van der Waals surface area contributed by atoms with Gasteiger partial charge in [-0.3, -0.25) is 10.1 Å². The molecule has 1 aliphatic rings. The van der Waals surface area contributed by atoms with Gasteiger partial charge in [0.25, 0.3) is 0 Å². The topological polar surface area (TPSA) is 64.6 Å². The Morgan fingerprint density at radius 2 is 2.06 bits per heavy atom. The molecule has 0 aromatic heterocycles. The van der Waals surface area contributed by atoms with Gasteiger partial charge in [-0.2, -0.15) is 8.78 Å². The van der Waals surface area contributed by atoms with Gasteiger partial charge in [-0.15, -0.1) is 0 Å². The highest BCUT2D eigenvalue weighted by atomic mass is 19.3. The molecule has 0 saturated heterocycles. The monoisotopic (exact) mass is 265 g/mol. The average molecular weight is 265 g/mol. The predicted octanol–water partition coefficient (Wildman–Crippen LogP) is 0.726. The summed E-state index contributed by atoms with van der Waals surface area (Å²) in [6.45, 7) is 0.997. The Kier molecular flexibility index (Phi) is 5.01. The van der Waals surface area contributed by atoms with Gasteiger partial charge in [0, 0.05) is 0 Å². The van der Waals surface area contributed by atoms with Crippen LogP contribution in [-0.4, -0.2) is 44.2 Å². The fourth-order valence-electron chi connectivity index (χ4n) is 1.64.